The molecule has 0 bridgehead atoms. The summed E-state index contributed by atoms with van der Waals surface area (Å²) in [5.41, 5.74) is 0.809. The van der Waals surface area contributed by atoms with Gasteiger partial charge >= 0.3 is 11.9 Å². The Bertz CT molecular complexity index is 1130. The second-order valence-corrected chi connectivity index (χ2v) is 9.57. The first-order valence-corrected chi connectivity index (χ1v) is 12.1. The maximum atomic E-state index is 12.8. The van der Waals surface area contributed by atoms with Gasteiger partial charge in [0.05, 0.1) is 0 Å². The number of carbonyl (C=O) groups excluding carboxylic acids is 2. The van der Waals surface area contributed by atoms with Crippen LogP contribution in [0.2, 0.25) is 0 Å². The second-order valence-electron chi connectivity index (χ2n) is 7.58. The summed E-state index contributed by atoms with van der Waals surface area (Å²) in [4.78, 5) is 49.3. The molecule has 3 aliphatic rings. The SMILES string of the molecule is O=C(O)Cc1nnnn1SCC1=C(C(=O)O)N2C(=O)C(NC(=O)C(O)C3=CC=CCC3)[C@H]2SC1. The highest BCUT2D eigenvalue weighted by molar-refractivity contribution is 8.00. The number of thioether (sulfide) groups is 1. The van der Waals surface area contributed by atoms with Crippen molar-refractivity contribution in [1.82, 2.24) is 29.8 Å². The number of carboxylic acids is 2. The second kappa shape index (κ2) is 9.99. The van der Waals surface area contributed by atoms with E-state index < -0.39 is 47.7 Å². The number of carbonyl (C=O) groups is 4. The van der Waals surface area contributed by atoms with Crippen LogP contribution in [0, 0.1) is 0 Å². The largest absolute Gasteiger partial charge is 0.481 e. The summed E-state index contributed by atoms with van der Waals surface area (Å²) in [5.74, 6) is -3.21. The van der Waals surface area contributed by atoms with Crippen molar-refractivity contribution in [3.05, 3.63) is 40.9 Å². The van der Waals surface area contributed by atoms with Gasteiger partial charge in [-0.25, -0.2) is 4.79 Å². The number of aliphatic hydroxyl groups is 1. The van der Waals surface area contributed by atoms with Gasteiger partial charge in [0.15, 0.2) is 11.9 Å². The molecule has 1 aliphatic carbocycles. The predicted molar refractivity (Wildman–Crippen MR) is 119 cm³/mol. The molecule has 2 amide bonds. The standard InChI is InChI=1S/C19H20N6O7S2/c26-12(27)6-11-21-22-23-25(11)34-8-10-7-33-18-13(17(30)24(18)14(10)19(31)32)20-16(29)15(28)9-4-2-1-3-5-9/h1-2,4,13,15,18,28H,3,5-8H2,(H,20,29)(H,26,27)(H,31,32)/t13?,15?,18-/m1/s1. The maximum Gasteiger partial charge on any atom is 0.352 e. The van der Waals surface area contributed by atoms with Gasteiger partial charge in [-0.1, -0.05) is 18.2 Å². The molecule has 2 unspecified atom stereocenters. The smallest absolute Gasteiger partial charge is 0.352 e. The van der Waals surface area contributed by atoms with Gasteiger partial charge in [0.1, 0.15) is 23.5 Å². The number of nitrogens with zero attached hydrogens (tertiary/aromatic N) is 5. The zero-order valence-corrected chi connectivity index (χ0v) is 19.2. The number of aliphatic hydroxyl groups excluding tert-OH is 1. The molecule has 34 heavy (non-hydrogen) atoms. The molecule has 0 saturated carbocycles. The number of aromatic nitrogens is 4. The quantitative estimate of drug-likeness (QED) is 0.304. The third-order valence-electron chi connectivity index (χ3n) is 5.37. The van der Waals surface area contributed by atoms with E-state index in [2.05, 4.69) is 20.8 Å². The van der Waals surface area contributed by atoms with E-state index in [1.54, 1.807) is 12.2 Å². The van der Waals surface area contributed by atoms with Crippen molar-refractivity contribution in [3.8, 4) is 0 Å². The van der Waals surface area contributed by atoms with Crippen LogP contribution in [0.3, 0.4) is 0 Å². The molecule has 15 heteroatoms. The minimum atomic E-state index is -1.38. The van der Waals surface area contributed by atoms with Crippen molar-refractivity contribution in [3.63, 3.8) is 0 Å². The number of fused-ring (bicyclic) bond motifs is 1. The fourth-order valence-electron chi connectivity index (χ4n) is 3.72. The number of carboxylic acid groups (broad SMARTS) is 2. The number of β-lactam (4-membered cyclic amide) rings is 1. The fourth-order valence-corrected chi connectivity index (χ4v) is 6.05. The van der Waals surface area contributed by atoms with Gasteiger partial charge in [-0.05, 0) is 46.4 Å². The number of hydrogen-bond donors (Lipinski definition) is 4. The lowest BCUT2D eigenvalue weighted by atomic mass is 9.98. The Labute approximate surface area is 201 Å². The number of allylic oxidation sites excluding steroid dienone is 3. The maximum absolute atomic E-state index is 12.8. The van der Waals surface area contributed by atoms with E-state index in [9.17, 15) is 29.4 Å². The zero-order valence-electron chi connectivity index (χ0n) is 17.5. The first-order valence-electron chi connectivity index (χ1n) is 10.1. The summed E-state index contributed by atoms with van der Waals surface area (Å²) in [6.07, 6.45) is 4.82. The number of aliphatic carboxylic acids is 2. The molecule has 0 radical (unpaired) electrons. The number of hydrogen-bond acceptors (Lipinski definition) is 10. The Morgan fingerprint density at radius 2 is 2.12 bits per heavy atom. The summed E-state index contributed by atoms with van der Waals surface area (Å²) in [6.45, 7) is 0. The molecule has 0 spiro atoms. The molecule has 1 aromatic rings. The van der Waals surface area contributed by atoms with Crippen LogP contribution in [0.25, 0.3) is 0 Å². The summed E-state index contributed by atoms with van der Waals surface area (Å²) in [6, 6.07) is -0.947. The van der Waals surface area contributed by atoms with Crippen molar-refractivity contribution in [2.24, 2.45) is 0 Å². The van der Waals surface area contributed by atoms with Gasteiger partial charge in [-0.3, -0.25) is 19.3 Å². The van der Waals surface area contributed by atoms with E-state index in [4.69, 9.17) is 5.11 Å². The lowest BCUT2D eigenvalue weighted by Gasteiger charge is -2.49. The van der Waals surface area contributed by atoms with Crippen LogP contribution < -0.4 is 5.32 Å². The van der Waals surface area contributed by atoms with E-state index in [0.29, 0.717) is 24.0 Å². The van der Waals surface area contributed by atoms with Gasteiger partial charge < -0.3 is 20.6 Å². The Kier molecular flexibility index (Phi) is 7.04. The zero-order chi connectivity index (χ0) is 24.4. The first kappa shape index (κ1) is 24.0. The van der Waals surface area contributed by atoms with E-state index in [1.165, 1.54) is 15.8 Å². The third-order valence-corrected chi connectivity index (χ3v) is 7.71. The van der Waals surface area contributed by atoms with Crippen molar-refractivity contribution < 1.29 is 34.5 Å². The van der Waals surface area contributed by atoms with Crippen molar-refractivity contribution >= 4 is 47.5 Å². The summed E-state index contributed by atoms with van der Waals surface area (Å²) >= 11 is 2.30. The Morgan fingerprint density at radius 1 is 1.32 bits per heavy atom. The van der Waals surface area contributed by atoms with Gasteiger partial charge in [-0.2, -0.15) is 4.09 Å². The molecule has 180 valence electrons. The van der Waals surface area contributed by atoms with Crippen LogP contribution in [0.1, 0.15) is 18.7 Å². The van der Waals surface area contributed by atoms with Crippen LogP contribution >= 0.6 is 23.7 Å². The molecular formula is C19H20N6O7S2. The first-order chi connectivity index (χ1) is 16.3. The van der Waals surface area contributed by atoms with Crippen molar-refractivity contribution in [2.75, 3.05) is 11.5 Å². The van der Waals surface area contributed by atoms with Gasteiger partial charge in [0.25, 0.3) is 11.8 Å². The van der Waals surface area contributed by atoms with Crippen LogP contribution in [0.15, 0.2) is 35.1 Å². The molecule has 1 saturated heterocycles. The fraction of sp³-hybridized carbons (Fsp3) is 0.421. The van der Waals surface area contributed by atoms with Crippen LogP contribution in [-0.2, 0) is 25.6 Å². The molecule has 3 heterocycles. The molecule has 4 rings (SSSR count). The van der Waals surface area contributed by atoms with Gasteiger partial charge in [-0.15, -0.1) is 16.9 Å². The summed E-state index contributed by atoms with van der Waals surface area (Å²) < 4.78 is 1.20. The highest BCUT2D eigenvalue weighted by Crippen LogP contribution is 2.41. The average Bonchev–Trinajstić information content (AvgIpc) is 3.26. The molecule has 4 N–H and O–H groups in total. The van der Waals surface area contributed by atoms with Crippen molar-refractivity contribution in [2.45, 2.75) is 36.8 Å². The number of rotatable bonds is 9. The lowest BCUT2D eigenvalue weighted by Crippen LogP contribution is -2.71. The normalized spacial score (nSPS) is 22.6. The summed E-state index contributed by atoms with van der Waals surface area (Å²) in [5, 5.41) is 41.7. The van der Waals surface area contributed by atoms with Gasteiger partial charge in [0.2, 0.25) is 0 Å². The van der Waals surface area contributed by atoms with Gasteiger partial charge in [0, 0.05) is 11.5 Å². The number of tetrazole rings is 1. The number of nitrogens with one attached hydrogen (secondary N) is 1. The molecular weight excluding hydrogens is 488 g/mol. The number of amides is 2. The molecule has 1 fully saturated rings. The molecule has 13 nitrogen and oxygen atoms in total. The highest BCUT2D eigenvalue weighted by Gasteiger charge is 2.54. The average molecular weight is 509 g/mol. The molecule has 2 aliphatic heterocycles. The Hall–Kier alpha value is -3.17. The molecule has 0 aromatic carbocycles. The van der Waals surface area contributed by atoms with E-state index in [-0.39, 0.29) is 23.0 Å². The topological polar surface area (TPSA) is 188 Å². The molecule has 1 aromatic heterocycles. The minimum Gasteiger partial charge on any atom is -0.481 e. The Balaban J connectivity index is 1.44. The van der Waals surface area contributed by atoms with E-state index in [1.807, 2.05) is 6.08 Å². The van der Waals surface area contributed by atoms with E-state index >= 15 is 0 Å². The predicted octanol–water partition coefficient (Wildman–Crippen LogP) is -0.828. The van der Waals surface area contributed by atoms with Crippen LogP contribution in [0.4, 0.5) is 0 Å². The molecule has 3 atom stereocenters. The lowest BCUT2D eigenvalue weighted by molar-refractivity contribution is -0.151. The van der Waals surface area contributed by atoms with E-state index in [0.717, 1.165) is 16.8 Å². The third kappa shape index (κ3) is 4.71. The minimum absolute atomic E-state index is 0.0984. The van der Waals surface area contributed by atoms with Crippen LogP contribution in [-0.4, -0.2) is 92.6 Å². The highest BCUT2D eigenvalue weighted by atomic mass is 32.2. The summed E-state index contributed by atoms with van der Waals surface area (Å²) in [7, 11) is 0. The Morgan fingerprint density at radius 3 is 2.79 bits per heavy atom. The van der Waals surface area contributed by atoms with Crippen molar-refractivity contribution in [1.29, 1.82) is 0 Å². The van der Waals surface area contributed by atoms with Crippen LogP contribution in [0.5, 0.6) is 0 Å². The monoisotopic (exact) mass is 508 g/mol.